The summed E-state index contributed by atoms with van der Waals surface area (Å²) in [4.78, 5) is 5.34. The van der Waals surface area contributed by atoms with E-state index >= 15 is 0 Å². The average Bonchev–Trinajstić information content (AvgIpc) is 2.81. The summed E-state index contributed by atoms with van der Waals surface area (Å²) in [6, 6.07) is 4.61. The summed E-state index contributed by atoms with van der Waals surface area (Å²) >= 11 is 1.25. The molecule has 8 heteroatoms. The van der Waals surface area contributed by atoms with Crippen LogP contribution in [-0.2, 0) is 16.6 Å². The number of nitrogens with one attached hydrogen (secondary N) is 1. The molecule has 0 spiro atoms. The van der Waals surface area contributed by atoms with E-state index in [0.29, 0.717) is 21.3 Å². The highest BCUT2D eigenvalue weighted by molar-refractivity contribution is 7.93. The summed E-state index contributed by atoms with van der Waals surface area (Å²) in [7, 11) is -2.20. The van der Waals surface area contributed by atoms with Gasteiger partial charge in [0.1, 0.15) is 4.90 Å². The van der Waals surface area contributed by atoms with E-state index in [4.69, 9.17) is 9.84 Å². The molecule has 0 aliphatic heterocycles. The fraction of sp³-hybridized carbons (Fsp3) is 0.250. The number of thiophene rings is 1. The Balaban J connectivity index is 2.27. The molecule has 0 unspecified atom stereocenters. The molecule has 2 rings (SSSR count). The number of sulfonamides is 1. The first-order valence-electron chi connectivity index (χ1n) is 5.69. The Bertz CT molecular complexity index is 693. The van der Waals surface area contributed by atoms with Gasteiger partial charge in [0.25, 0.3) is 10.0 Å². The van der Waals surface area contributed by atoms with Crippen LogP contribution in [0, 0.1) is 6.92 Å². The molecule has 20 heavy (non-hydrogen) atoms. The summed E-state index contributed by atoms with van der Waals surface area (Å²) in [5, 5.41) is 9.06. The Hall–Kier alpha value is -1.64. The van der Waals surface area contributed by atoms with Gasteiger partial charge in [-0.15, -0.1) is 11.3 Å². The largest absolute Gasteiger partial charge is 0.481 e. The van der Waals surface area contributed by atoms with E-state index in [1.165, 1.54) is 30.7 Å². The summed E-state index contributed by atoms with van der Waals surface area (Å²) in [5.41, 5.74) is 0.349. The smallest absolute Gasteiger partial charge is 0.263 e. The molecule has 6 nitrogen and oxygen atoms in total. The molecule has 2 aromatic rings. The summed E-state index contributed by atoms with van der Waals surface area (Å²) in [5.74, 6) is 0.405. The Kier molecular flexibility index (Phi) is 4.26. The molecule has 108 valence electrons. The molecule has 0 bridgehead atoms. The lowest BCUT2D eigenvalue weighted by atomic mass is 10.4. The molecule has 2 N–H and O–H groups in total. The molecular formula is C12H14N2O4S2. The number of aliphatic hydroxyl groups is 1. The Morgan fingerprint density at radius 1 is 1.45 bits per heavy atom. The summed E-state index contributed by atoms with van der Waals surface area (Å²) in [6.45, 7) is 1.52. The van der Waals surface area contributed by atoms with Crippen molar-refractivity contribution in [2.24, 2.45) is 0 Å². The van der Waals surface area contributed by atoms with Crippen molar-refractivity contribution in [3.63, 3.8) is 0 Å². The minimum absolute atomic E-state index is 0.169. The molecule has 0 aromatic carbocycles. The summed E-state index contributed by atoms with van der Waals surface area (Å²) < 4.78 is 31.9. The maximum absolute atomic E-state index is 12.3. The topological polar surface area (TPSA) is 88.5 Å². The highest BCUT2D eigenvalue weighted by Gasteiger charge is 2.20. The number of aliphatic hydroxyl groups excluding tert-OH is 1. The lowest BCUT2D eigenvalue weighted by molar-refractivity contribution is 0.285. The standard InChI is InChI=1S/C12H14N2O4S2/c1-8-11(5-10(7-15)19-8)20(16,17)14-9-3-4-12(18-2)13-6-9/h3-6,14-15H,7H2,1-2H3. The zero-order valence-corrected chi connectivity index (χ0v) is 12.6. The van der Waals surface area contributed by atoms with Gasteiger partial charge in [0.05, 0.1) is 25.6 Å². The predicted molar refractivity (Wildman–Crippen MR) is 76.6 cm³/mol. The van der Waals surface area contributed by atoms with Crippen LogP contribution in [0.15, 0.2) is 29.3 Å². The molecule has 0 saturated carbocycles. The first kappa shape index (κ1) is 14.8. The van der Waals surface area contributed by atoms with Crippen LogP contribution < -0.4 is 9.46 Å². The van der Waals surface area contributed by atoms with E-state index in [9.17, 15) is 8.42 Å². The third-order valence-electron chi connectivity index (χ3n) is 2.57. The monoisotopic (exact) mass is 314 g/mol. The molecule has 0 fully saturated rings. The van der Waals surface area contributed by atoms with Gasteiger partial charge >= 0.3 is 0 Å². The van der Waals surface area contributed by atoms with Gasteiger partial charge in [-0.2, -0.15) is 0 Å². The van der Waals surface area contributed by atoms with Crippen LogP contribution in [0.5, 0.6) is 5.88 Å². The highest BCUT2D eigenvalue weighted by Crippen LogP contribution is 2.27. The van der Waals surface area contributed by atoms with Crippen LogP contribution >= 0.6 is 11.3 Å². The maximum Gasteiger partial charge on any atom is 0.263 e. The minimum Gasteiger partial charge on any atom is -0.481 e. The van der Waals surface area contributed by atoms with Gasteiger partial charge in [0.2, 0.25) is 5.88 Å². The fourth-order valence-corrected chi connectivity index (χ4v) is 4.18. The van der Waals surface area contributed by atoms with Gasteiger partial charge in [0, 0.05) is 15.8 Å². The van der Waals surface area contributed by atoms with Gasteiger partial charge in [-0.25, -0.2) is 13.4 Å². The number of aromatic nitrogens is 1. The van der Waals surface area contributed by atoms with Crippen LogP contribution in [0.3, 0.4) is 0 Å². The molecule has 0 saturated heterocycles. The molecule has 2 heterocycles. The maximum atomic E-state index is 12.3. The normalized spacial score (nSPS) is 11.3. The third-order valence-corrected chi connectivity index (χ3v) is 5.24. The Morgan fingerprint density at radius 2 is 2.20 bits per heavy atom. The van der Waals surface area contributed by atoms with Crippen molar-refractivity contribution >= 4 is 27.0 Å². The van der Waals surface area contributed by atoms with Crippen molar-refractivity contribution < 1.29 is 18.3 Å². The van der Waals surface area contributed by atoms with Crippen LogP contribution in [0.1, 0.15) is 9.75 Å². The van der Waals surface area contributed by atoms with Crippen molar-refractivity contribution in [1.29, 1.82) is 0 Å². The minimum atomic E-state index is -3.68. The van der Waals surface area contributed by atoms with Gasteiger partial charge in [-0.05, 0) is 19.1 Å². The van der Waals surface area contributed by atoms with Crippen LogP contribution in [0.4, 0.5) is 5.69 Å². The lowest BCUT2D eigenvalue weighted by Crippen LogP contribution is -2.13. The zero-order chi connectivity index (χ0) is 14.8. The third kappa shape index (κ3) is 3.09. The molecular weight excluding hydrogens is 300 g/mol. The SMILES string of the molecule is COc1ccc(NS(=O)(=O)c2cc(CO)sc2C)cn1. The van der Waals surface area contributed by atoms with Crippen LogP contribution in [0.2, 0.25) is 0 Å². The van der Waals surface area contributed by atoms with Gasteiger partial charge in [-0.1, -0.05) is 0 Å². The first-order chi connectivity index (χ1) is 9.46. The summed E-state index contributed by atoms with van der Waals surface area (Å²) in [6.07, 6.45) is 1.38. The van der Waals surface area contributed by atoms with E-state index in [1.807, 2.05) is 0 Å². The van der Waals surface area contributed by atoms with Gasteiger partial charge in [0.15, 0.2) is 0 Å². The van der Waals surface area contributed by atoms with E-state index in [0.717, 1.165) is 0 Å². The van der Waals surface area contributed by atoms with Crippen molar-refractivity contribution in [2.45, 2.75) is 18.4 Å². The van der Waals surface area contributed by atoms with Gasteiger partial charge in [-0.3, -0.25) is 4.72 Å². The number of anilines is 1. The Morgan fingerprint density at radius 3 is 2.70 bits per heavy atom. The lowest BCUT2D eigenvalue weighted by Gasteiger charge is -2.07. The first-order valence-corrected chi connectivity index (χ1v) is 7.99. The second-order valence-corrected chi connectivity index (χ2v) is 6.98. The second kappa shape index (κ2) is 5.78. The van der Waals surface area contributed by atoms with E-state index < -0.39 is 10.0 Å². The van der Waals surface area contributed by atoms with Crippen LogP contribution in [0.25, 0.3) is 0 Å². The Labute approximate surface area is 121 Å². The van der Waals surface area contributed by atoms with E-state index in [-0.39, 0.29) is 11.5 Å². The molecule has 0 atom stereocenters. The zero-order valence-electron chi connectivity index (χ0n) is 11.0. The number of pyridine rings is 1. The second-order valence-electron chi connectivity index (χ2n) is 3.99. The van der Waals surface area contributed by atoms with Crippen LogP contribution in [-0.4, -0.2) is 25.6 Å². The van der Waals surface area contributed by atoms with Crippen molar-refractivity contribution in [1.82, 2.24) is 4.98 Å². The number of nitrogens with zero attached hydrogens (tertiary/aromatic N) is 1. The van der Waals surface area contributed by atoms with E-state index in [2.05, 4.69) is 9.71 Å². The molecule has 0 radical (unpaired) electrons. The number of aryl methyl sites for hydroxylation is 1. The number of hydrogen-bond acceptors (Lipinski definition) is 6. The quantitative estimate of drug-likeness (QED) is 0.878. The number of methoxy groups -OCH3 is 1. The van der Waals surface area contributed by atoms with Crippen molar-refractivity contribution in [2.75, 3.05) is 11.8 Å². The molecule has 0 aliphatic carbocycles. The number of ether oxygens (including phenoxy) is 1. The number of hydrogen-bond donors (Lipinski definition) is 2. The van der Waals surface area contributed by atoms with Crippen molar-refractivity contribution in [3.8, 4) is 5.88 Å². The van der Waals surface area contributed by atoms with E-state index in [1.54, 1.807) is 19.1 Å². The number of rotatable bonds is 5. The van der Waals surface area contributed by atoms with Crippen molar-refractivity contribution in [3.05, 3.63) is 34.2 Å². The molecule has 0 aliphatic rings. The predicted octanol–water partition coefficient (Wildman–Crippen LogP) is 1.75. The highest BCUT2D eigenvalue weighted by atomic mass is 32.2. The van der Waals surface area contributed by atoms with Gasteiger partial charge < -0.3 is 9.84 Å². The average molecular weight is 314 g/mol. The molecule has 0 amide bonds. The fourth-order valence-electron chi connectivity index (χ4n) is 1.64. The molecule has 2 aromatic heterocycles.